The highest BCUT2D eigenvalue weighted by Crippen LogP contribution is 2.23. The first-order valence-electron chi connectivity index (χ1n) is 8.97. The van der Waals surface area contributed by atoms with Gasteiger partial charge in [-0.15, -0.1) is 0 Å². The van der Waals surface area contributed by atoms with E-state index in [-0.39, 0.29) is 42.7 Å². The van der Waals surface area contributed by atoms with Crippen LogP contribution in [0.5, 0.6) is 0 Å². The first kappa shape index (κ1) is 17.8. The van der Waals surface area contributed by atoms with Gasteiger partial charge in [0.25, 0.3) is 5.91 Å². The maximum Gasteiger partial charge on any atom is 0.292 e. The summed E-state index contributed by atoms with van der Waals surface area (Å²) in [6.45, 7) is 2.46. The fourth-order valence-electron chi connectivity index (χ4n) is 4.09. The molecule has 1 aromatic carbocycles. The number of carbonyl (C=O) groups is 3. The number of aliphatic hydroxyl groups excluding tert-OH is 1. The van der Waals surface area contributed by atoms with Crippen LogP contribution in [-0.4, -0.2) is 47.9 Å². The van der Waals surface area contributed by atoms with Crippen molar-refractivity contribution >= 4 is 23.3 Å². The van der Waals surface area contributed by atoms with Crippen LogP contribution < -0.4 is 9.80 Å². The van der Waals surface area contributed by atoms with Gasteiger partial charge in [-0.2, -0.15) is 0 Å². The van der Waals surface area contributed by atoms with E-state index < -0.39 is 0 Å². The molecule has 0 bridgehead atoms. The smallest absolute Gasteiger partial charge is 0.292 e. The lowest BCUT2D eigenvalue weighted by molar-refractivity contribution is -0.945. The zero-order valence-corrected chi connectivity index (χ0v) is 14.5. The van der Waals surface area contributed by atoms with Crippen molar-refractivity contribution in [2.24, 2.45) is 0 Å². The van der Waals surface area contributed by atoms with E-state index >= 15 is 0 Å². The maximum atomic E-state index is 12.9. The van der Waals surface area contributed by atoms with E-state index in [0.717, 1.165) is 30.7 Å². The molecule has 0 aliphatic carbocycles. The summed E-state index contributed by atoms with van der Waals surface area (Å²) in [5, 5.41) is 9.29. The summed E-state index contributed by atoms with van der Waals surface area (Å²) in [7, 11) is 0. The van der Waals surface area contributed by atoms with Gasteiger partial charge >= 0.3 is 0 Å². The summed E-state index contributed by atoms with van der Waals surface area (Å²) in [5.41, 5.74) is 1.08. The zero-order valence-electron chi connectivity index (χ0n) is 14.5. The normalized spacial score (nSPS) is 27.0. The van der Waals surface area contributed by atoms with E-state index in [1.165, 1.54) is 11.8 Å². The molecule has 2 aliphatic heterocycles. The molecule has 2 saturated heterocycles. The van der Waals surface area contributed by atoms with E-state index in [4.69, 9.17) is 0 Å². The molecule has 25 heavy (non-hydrogen) atoms. The zero-order chi connectivity index (χ0) is 18.0. The lowest BCUT2D eigenvalue weighted by atomic mass is 9.97. The number of amides is 2. The summed E-state index contributed by atoms with van der Waals surface area (Å²) < 4.78 is 0. The number of imide groups is 1. The molecule has 0 spiro atoms. The van der Waals surface area contributed by atoms with Gasteiger partial charge in [0.05, 0.1) is 24.7 Å². The Bertz CT molecular complexity index is 669. The van der Waals surface area contributed by atoms with Crippen LogP contribution in [0.2, 0.25) is 0 Å². The number of ketones is 1. The Morgan fingerprint density at radius 2 is 1.96 bits per heavy atom. The highest BCUT2D eigenvalue weighted by Gasteiger charge is 2.48. The van der Waals surface area contributed by atoms with Gasteiger partial charge < -0.3 is 10.0 Å². The molecule has 6 nitrogen and oxygen atoms in total. The van der Waals surface area contributed by atoms with Crippen molar-refractivity contribution in [2.75, 3.05) is 18.1 Å². The number of aliphatic hydroxyl groups is 1. The van der Waals surface area contributed by atoms with Gasteiger partial charge in [0.15, 0.2) is 11.8 Å². The number of nitrogens with one attached hydrogen (secondary N) is 1. The molecular weight excluding hydrogens is 320 g/mol. The van der Waals surface area contributed by atoms with Crippen LogP contribution in [-0.2, 0) is 9.59 Å². The third-order valence-electron chi connectivity index (χ3n) is 5.40. The highest BCUT2D eigenvalue weighted by atomic mass is 16.3. The summed E-state index contributed by atoms with van der Waals surface area (Å²) in [5.74, 6) is -0.403. The average molecular weight is 345 g/mol. The van der Waals surface area contributed by atoms with Crippen LogP contribution >= 0.6 is 0 Å². The van der Waals surface area contributed by atoms with Gasteiger partial charge in [0.1, 0.15) is 0 Å². The monoisotopic (exact) mass is 345 g/mol. The number of piperidine rings is 1. The molecule has 3 atom stereocenters. The number of rotatable bonds is 5. The molecule has 1 unspecified atom stereocenters. The van der Waals surface area contributed by atoms with Crippen molar-refractivity contribution in [1.82, 2.24) is 0 Å². The van der Waals surface area contributed by atoms with Crippen molar-refractivity contribution in [2.45, 2.75) is 51.1 Å². The number of benzene rings is 1. The van der Waals surface area contributed by atoms with Gasteiger partial charge in [-0.25, -0.2) is 4.90 Å². The second-order valence-corrected chi connectivity index (χ2v) is 6.96. The lowest BCUT2D eigenvalue weighted by Crippen LogP contribution is -3.20. The molecule has 2 heterocycles. The van der Waals surface area contributed by atoms with Crippen molar-refractivity contribution in [3.8, 4) is 0 Å². The molecular formula is C19H25N2O4+. The minimum absolute atomic E-state index is 0.0480. The van der Waals surface area contributed by atoms with Crippen LogP contribution in [0.1, 0.15) is 49.4 Å². The number of Topliss-reactive ketones (excluding diaryl/α,β-unsaturated/α-hetero) is 1. The van der Waals surface area contributed by atoms with Crippen molar-refractivity contribution in [1.29, 1.82) is 0 Å². The Kier molecular flexibility index (Phi) is 5.30. The topological polar surface area (TPSA) is 79.1 Å². The number of likely N-dealkylation sites (tertiary alicyclic amines) is 1. The lowest BCUT2D eigenvalue weighted by Gasteiger charge is -2.35. The molecule has 134 valence electrons. The molecule has 2 amide bonds. The van der Waals surface area contributed by atoms with E-state index in [1.807, 2.05) is 0 Å². The highest BCUT2D eigenvalue weighted by molar-refractivity contribution is 6.22. The van der Waals surface area contributed by atoms with Gasteiger partial charge in [0.2, 0.25) is 5.91 Å². The number of hydrogen-bond donors (Lipinski definition) is 2. The molecule has 3 rings (SSSR count). The molecule has 1 aromatic rings. The quantitative estimate of drug-likeness (QED) is 0.596. The van der Waals surface area contributed by atoms with Crippen molar-refractivity contribution in [3.63, 3.8) is 0 Å². The first-order valence-corrected chi connectivity index (χ1v) is 8.97. The first-order chi connectivity index (χ1) is 12.0. The van der Waals surface area contributed by atoms with Crippen molar-refractivity contribution < 1.29 is 24.4 Å². The Labute approximate surface area is 147 Å². The van der Waals surface area contributed by atoms with E-state index in [1.54, 1.807) is 24.3 Å². The van der Waals surface area contributed by atoms with Crippen LogP contribution in [0, 0.1) is 0 Å². The fourth-order valence-corrected chi connectivity index (χ4v) is 4.09. The number of hydrogen-bond acceptors (Lipinski definition) is 4. The Balaban J connectivity index is 1.80. The Hall–Kier alpha value is -2.05. The number of quaternary nitrogens is 1. The van der Waals surface area contributed by atoms with E-state index in [9.17, 15) is 19.5 Å². The van der Waals surface area contributed by atoms with Crippen LogP contribution in [0.4, 0.5) is 5.69 Å². The molecule has 2 fully saturated rings. The second kappa shape index (κ2) is 7.45. The number of anilines is 1. The van der Waals surface area contributed by atoms with Gasteiger partial charge in [-0.05, 0) is 50.5 Å². The molecule has 0 saturated carbocycles. The predicted molar refractivity (Wildman–Crippen MR) is 92.5 cm³/mol. The largest absolute Gasteiger partial charge is 0.396 e. The standard InChI is InChI=1S/C19H24N2O4/c1-13(23)14-5-7-16(8-6-14)21-18(24)12-17(19(21)25)20-10-3-2-4-15(20)9-11-22/h5-8,15,17,22H,2-4,9-12H2,1H3/p+1/t15-,17+/m1/s1. The predicted octanol–water partition coefficient (Wildman–Crippen LogP) is 0.341. The molecule has 0 radical (unpaired) electrons. The minimum atomic E-state index is -0.364. The van der Waals surface area contributed by atoms with Gasteiger partial charge in [0, 0.05) is 18.6 Å². The summed E-state index contributed by atoms with van der Waals surface area (Å²) in [6, 6.07) is 6.48. The molecule has 2 aliphatic rings. The second-order valence-electron chi connectivity index (χ2n) is 6.96. The van der Waals surface area contributed by atoms with Crippen LogP contribution in [0.3, 0.4) is 0 Å². The third kappa shape index (κ3) is 3.50. The average Bonchev–Trinajstić information content (AvgIpc) is 2.90. The molecule has 0 aromatic heterocycles. The van der Waals surface area contributed by atoms with Gasteiger partial charge in [-0.3, -0.25) is 14.4 Å². The number of carbonyl (C=O) groups excluding carboxylic acids is 3. The Morgan fingerprint density at radius 1 is 1.24 bits per heavy atom. The van der Waals surface area contributed by atoms with Crippen LogP contribution in [0.15, 0.2) is 24.3 Å². The fraction of sp³-hybridized carbons (Fsp3) is 0.526. The summed E-state index contributed by atoms with van der Waals surface area (Å²) in [6.07, 6.45) is 4.02. The Morgan fingerprint density at radius 3 is 2.60 bits per heavy atom. The maximum absolute atomic E-state index is 12.9. The molecule has 6 heteroatoms. The number of nitrogens with zero attached hydrogens (tertiary/aromatic N) is 1. The summed E-state index contributed by atoms with van der Waals surface area (Å²) in [4.78, 5) is 39.2. The third-order valence-corrected chi connectivity index (χ3v) is 5.40. The minimum Gasteiger partial charge on any atom is -0.396 e. The van der Waals surface area contributed by atoms with Crippen LogP contribution in [0.25, 0.3) is 0 Å². The van der Waals surface area contributed by atoms with Crippen molar-refractivity contribution in [3.05, 3.63) is 29.8 Å². The summed E-state index contributed by atoms with van der Waals surface area (Å²) >= 11 is 0. The van der Waals surface area contributed by atoms with Gasteiger partial charge in [-0.1, -0.05) is 0 Å². The SMILES string of the molecule is CC(=O)c1ccc(N2C(=O)C[C@H]([NH+]3CCCC[C@@H]3CCO)C2=O)cc1. The molecule has 2 N–H and O–H groups in total. The van der Waals surface area contributed by atoms with E-state index in [2.05, 4.69) is 0 Å². The van der Waals surface area contributed by atoms with E-state index in [0.29, 0.717) is 17.7 Å².